The Labute approximate surface area is 129 Å². The van der Waals surface area contributed by atoms with E-state index in [0.717, 1.165) is 47.0 Å². The normalized spacial score (nSPS) is 15.0. The number of allylic oxidation sites excluding steroid dienone is 5. The van der Waals surface area contributed by atoms with Gasteiger partial charge in [-0.1, -0.05) is 18.7 Å². The van der Waals surface area contributed by atoms with Crippen LogP contribution < -0.4 is 0 Å². The monoisotopic (exact) mass is 292 g/mol. The number of hydrogen-bond acceptors (Lipinski definition) is 1. The molecule has 0 atom stereocenters. The molecule has 0 saturated heterocycles. The van der Waals surface area contributed by atoms with Crippen LogP contribution in [0.4, 0.5) is 4.39 Å². The fraction of sp³-hybridized carbons (Fsp3) is 0.211. The zero-order valence-corrected chi connectivity index (χ0v) is 12.6. The van der Waals surface area contributed by atoms with Gasteiger partial charge in [-0.15, -0.1) is 0 Å². The van der Waals surface area contributed by atoms with E-state index in [1.165, 1.54) is 0 Å². The van der Waals surface area contributed by atoms with Crippen LogP contribution in [-0.4, -0.2) is 4.57 Å². The maximum absolute atomic E-state index is 14.0. The van der Waals surface area contributed by atoms with Crippen LogP contribution in [0.25, 0.3) is 16.5 Å². The fourth-order valence-electron chi connectivity index (χ4n) is 3.14. The second-order valence-electron chi connectivity index (χ2n) is 5.60. The minimum atomic E-state index is -0.206. The highest BCUT2D eigenvalue weighted by atomic mass is 19.1. The minimum absolute atomic E-state index is 0.206. The van der Waals surface area contributed by atoms with Gasteiger partial charge in [0.2, 0.25) is 0 Å². The Morgan fingerprint density at radius 1 is 1.45 bits per heavy atom. The Hall–Kier alpha value is -2.60. The van der Waals surface area contributed by atoms with E-state index in [0.29, 0.717) is 5.57 Å². The second kappa shape index (κ2) is 5.65. The Kier molecular flexibility index (Phi) is 3.68. The highest BCUT2D eigenvalue weighted by molar-refractivity contribution is 5.97. The number of benzene rings is 1. The quantitative estimate of drug-likeness (QED) is 0.592. The van der Waals surface area contributed by atoms with E-state index >= 15 is 0 Å². The minimum Gasteiger partial charge on any atom is -0.347 e. The number of nitriles is 1. The Morgan fingerprint density at radius 2 is 2.27 bits per heavy atom. The van der Waals surface area contributed by atoms with Crippen molar-refractivity contribution >= 4 is 16.5 Å². The highest BCUT2D eigenvalue weighted by Gasteiger charge is 2.18. The zero-order chi connectivity index (χ0) is 15.7. The van der Waals surface area contributed by atoms with Crippen LogP contribution in [0.1, 0.15) is 24.5 Å². The Bertz CT molecular complexity index is 860. The molecule has 1 aliphatic rings. The fourth-order valence-corrected chi connectivity index (χ4v) is 3.14. The second-order valence-corrected chi connectivity index (χ2v) is 5.60. The Morgan fingerprint density at radius 3 is 3.00 bits per heavy atom. The lowest BCUT2D eigenvalue weighted by Gasteiger charge is -2.15. The summed E-state index contributed by atoms with van der Waals surface area (Å²) < 4.78 is 16.1. The maximum Gasteiger partial charge on any atom is 0.124 e. The number of rotatable bonds is 3. The zero-order valence-electron chi connectivity index (χ0n) is 12.6. The first-order valence-corrected chi connectivity index (χ1v) is 7.37. The van der Waals surface area contributed by atoms with Crippen molar-refractivity contribution in [3.8, 4) is 6.07 Å². The summed E-state index contributed by atoms with van der Waals surface area (Å²) in [6.45, 7) is 6.45. The van der Waals surface area contributed by atoms with Crippen LogP contribution in [-0.2, 0) is 13.0 Å². The molecule has 1 aromatic carbocycles. The predicted molar refractivity (Wildman–Crippen MR) is 87.8 cm³/mol. The van der Waals surface area contributed by atoms with Crippen molar-refractivity contribution in [3.05, 3.63) is 65.7 Å². The molecule has 2 heterocycles. The van der Waals surface area contributed by atoms with E-state index in [1.54, 1.807) is 25.1 Å². The molecular formula is C19H17FN2. The topological polar surface area (TPSA) is 28.7 Å². The number of aromatic nitrogens is 1. The standard InChI is InChI=1S/C19H17FN2/c1-3-5-14(8-13(2)11-21)18-12-22-7-4-6-15-9-16(20)10-17(18)19(15)22/h3,5,8-10,12H,1,4,6-7H2,2H3/b13-8+,14-5+. The van der Waals surface area contributed by atoms with E-state index in [2.05, 4.69) is 23.4 Å². The molecule has 0 N–H and O–H groups in total. The largest absolute Gasteiger partial charge is 0.347 e. The molecule has 2 nitrogen and oxygen atoms in total. The van der Waals surface area contributed by atoms with Gasteiger partial charge in [-0.05, 0) is 49.1 Å². The van der Waals surface area contributed by atoms with E-state index in [-0.39, 0.29) is 5.82 Å². The third kappa shape index (κ3) is 2.37. The van der Waals surface area contributed by atoms with Gasteiger partial charge in [0, 0.05) is 29.3 Å². The maximum atomic E-state index is 14.0. The van der Waals surface area contributed by atoms with Crippen molar-refractivity contribution in [1.29, 1.82) is 5.26 Å². The summed E-state index contributed by atoms with van der Waals surface area (Å²) in [6, 6.07) is 5.35. The van der Waals surface area contributed by atoms with Crippen LogP contribution in [0.3, 0.4) is 0 Å². The van der Waals surface area contributed by atoms with E-state index in [9.17, 15) is 4.39 Å². The van der Waals surface area contributed by atoms with Crippen molar-refractivity contribution in [1.82, 2.24) is 4.57 Å². The van der Waals surface area contributed by atoms with Crippen LogP contribution in [0.15, 0.2) is 48.7 Å². The smallest absolute Gasteiger partial charge is 0.124 e. The number of nitrogens with zero attached hydrogens (tertiary/aromatic N) is 2. The molecule has 3 heteroatoms. The third-order valence-corrected chi connectivity index (χ3v) is 4.02. The number of halogens is 1. The first-order chi connectivity index (χ1) is 10.6. The number of aryl methyl sites for hydroxylation is 2. The lowest BCUT2D eigenvalue weighted by atomic mass is 9.98. The van der Waals surface area contributed by atoms with Gasteiger partial charge in [0.15, 0.2) is 0 Å². The van der Waals surface area contributed by atoms with Gasteiger partial charge in [-0.3, -0.25) is 0 Å². The van der Waals surface area contributed by atoms with Crippen molar-refractivity contribution in [3.63, 3.8) is 0 Å². The highest BCUT2D eigenvalue weighted by Crippen LogP contribution is 2.34. The van der Waals surface area contributed by atoms with Crippen molar-refractivity contribution in [2.45, 2.75) is 26.3 Å². The molecule has 110 valence electrons. The molecule has 0 saturated carbocycles. The molecule has 0 radical (unpaired) electrons. The van der Waals surface area contributed by atoms with E-state index in [1.807, 2.05) is 12.2 Å². The van der Waals surface area contributed by atoms with Gasteiger partial charge in [-0.2, -0.15) is 5.26 Å². The first kappa shape index (κ1) is 14.3. The summed E-state index contributed by atoms with van der Waals surface area (Å²) in [5.74, 6) is -0.206. The average Bonchev–Trinajstić information content (AvgIpc) is 2.86. The predicted octanol–water partition coefficient (Wildman–Crippen LogP) is 4.77. The van der Waals surface area contributed by atoms with Crippen LogP contribution in [0, 0.1) is 17.1 Å². The van der Waals surface area contributed by atoms with Gasteiger partial charge in [0.05, 0.1) is 11.6 Å². The molecule has 0 aliphatic carbocycles. The SMILES string of the molecule is C=C/C=C(\C=C(/C)C#N)c1cn2c3c(cc(F)cc13)CCC2. The van der Waals surface area contributed by atoms with Gasteiger partial charge in [0.25, 0.3) is 0 Å². The molecule has 2 aromatic rings. The van der Waals surface area contributed by atoms with Gasteiger partial charge in [-0.25, -0.2) is 4.39 Å². The molecule has 0 bridgehead atoms. The summed E-state index contributed by atoms with van der Waals surface area (Å²) in [5, 5.41) is 9.93. The molecule has 0 amide bonds. The molecule has 0 fully saturated rings. The summed E-state index contributed by atoms with van der Waals surface area (Å²) in [5.41, 5.74) is 4.62. The van der Waals surface area contributed by atoms with Gasteiger partial charge < -0.3 is 4.57 Å². The average molecular weight is 292 g/mol. The van der Waals surface area contributed by atoms with Crippen molar-refractivity contribution in [2.24, 2.45) is 0 Å². The molecule has 0 unspecified atom stereocenters. The summed E-state index contributed by atoms with van der Waals surface area (Å²) in [7, 11) is 0. The molecule has 22 heavy (non-hydrogen) atoms. The number of hydrogen-bond donors (Lipinski definition) is 0. The molecule has 3 rings (SSSR count). The van der Waals surface area contributed by atoms with Crippen LogP contribution >= 0.6 is 0 Å². The lowest BCUT2D eigenvalue weighted by molar-refractivity contribution is 0.611. The van der Waals surface area contributed by atoms with Crippen LogP contribution in [0.2, 0.25) is 0 Å². The van der Waals surface area contributed by atoms with Crippen molar-refractivity contribution < 1.29 is 4.39 Å². The summed E-state index contributed by atoms with van der Waals surface area (Å²) in [6.07, 6.45) is 9.37. The molecule has 1 aromatic heterocycles. The molecule has 1 aliphatic heterocycles. The Balaban J connectivity index is 2.30. The third-order valence-electron chi connectivity index (χ3n) is 4.02. The lowest BCUT2D eigenvalue weighted by Crippen LogP contribution is -2.06. The van der Waals surface area contributed by atoms with Gasteiger partial charge >= 0.3 is 0 Å². The first-order valence-electron chi connectivity index (χ1n) is 7.37. The van der Waals surface area contributed by atoms with Crippen molar-refractivity contribution in [2.75, 3.05) is 0 Å². The molecule has 0 spiro atoms. The van der Waals surface area contributed by atoms with Crippen LogP contribution in [0.5, 0.6) is 0 Å². The van der Waals surface area contributed by atoms with Gasteiger partial charge in [0.1, 0.15) is 5.82 Å². The van der Waals surface area contributed by atoms with E-state index < -0.39 is 0 Å². The summed E-state index contributed by atoms with van der Waals surface area (Å²) in [4.78, 5) is 0. The molecular weight excluding hydrogens is 275 g/mol. The summed E-state index contributed by atoms with van der Waals surface area (Å²) >= 11 is 0. The van der Waals surface area contributed by atoms with E-state index in [4.69, 9.17) is 5.26 Å².